The number of ketones is 1. The van der Waals surface area contributed by atoms with Crippen LogP contribution in [0, 0.1) is 0 Å². The number of likely N-dealkylation sites (N-methyl/N-ethyl adjacent to an activating group) is 1. The average molecular weight is 182 g/mol. The zero-order chi connectivity index (χ0) is 9.47. The largest absolute Gasteiger partial charge is 0.357 e. The number of fused-ring (bicyclic) bond motifs is 2. The molecule has 2 aliphatic rings. The van der Waals surface area contributed by atoms with Gasteiger partial charge in [0.2, 0.25) is 0 Å². The molecule has 0 aromatic rings. The molecule has 72 valence electrons. The molecule has 0 unspecified atom stereocenters. The zero-order valence-electron chi connectivity index (χ0n) is 8.17. The highest BCUT2D eigenvalue weighted by Crippen LogP contribution is 2.33. The van der Waals surface area contributed by atoms with Gasteiger partial charge in [0.05, 0.1) is 20.2 Å². The first-order chi connectivity index (χ1) is 6.10. The van der Waals surface area contributed by atoms with Gasteiger partial charge >= 0.3 is 0 Å². The summed E-state index contributed by atoms with van der Waals surface area (Å²) < 4.78 is 5.81. The van der Waals surface area contributed by atoms with Crippen molar-refractivity contribution in [3.8, 4) is 0 Å². The van der Waals surface area contributed by atoms with E-state index in [0.29, 0.717) is 18.6 Å². The maximum absolute atomic E-state index is 11.4. The second kappa shape index (κ2) is 2.93. The van der Waals surface area contributed by atoms with Crippen LogP contribution in [0.3, 0.4) is 0 Å². The topological polar surface area (TPSA) is 30.7 Å². The predicted octanol–water partition coefficient (Wildman–Crippen LogP) is -0.812. The van der Waals surface area contributed by atoms with E-state index in [9.17, 15) is 4.79 Å². The van der Waals surface area contributed by atoms with E-state index in [4.69, 9.17) is 4.74 Å². The number of hydrogen-bond donors (Lipinski definition) is 1. The monoisotopic (exact) mass is 182 g/mol. The molecular formula is C10H16NO2+. The quantitative estimate of drug-likeness (QED) is 0.566. The average Bonchev–Trinajstić information content (AvgIpc) is 2.24. The third-order valence-electron chi connectivity index (χ3n) is 2.58. The van der Waals surface area contributed by atoms with Gasteiger partial charge in [0.15, 0.2) is 0 Å². The summed E-state index contributed by atoms with van der Waals surface area (Å²) in [5, 5.41) is 0. The van der Waals surface area contributed by atoms with Crippen LogP contribution in [-0.4, -0.2) is 38.1 Å². The molecule has 1 saturated heterocycles. The van der Waals surface area contributed by atoms with Gasteiger partial charge in [0.1, 0.15) is 17.9 Å². The Balaban J connectivity index is 2.13. The Bertz CT molecular complexity index is 260. The second-order valence-electron chi connectivity index (χ2n) is 4.38. The summed E-state index contributed by atoms with van der Waals surface area (Å²) in [5.41, 5.74) is -0.279. The van der Waals surface area contributed by atoms with Crippen molar-refractivity contribution in [3.05, 3.63) is 12.2 Å². The van der Waals surface area contributed by atoms with Crippen molar-refractivity contribution in [2.24, 2.45) is 0 Å². The van der Waals surface area contributed by atoms with Crippen LogP contribution >= 0.6 is 0 Å². The Labute approximate surface area is 78.4 Å². The number of Topliss-reactive ketones (excluding diaryl/α,β-unsaturated/α-hetero) is 1. The van der Waals surface area contributed by atoms with E-state index >= 15 is 0 Å². The molecule has 1 N–H and O–H groups in total. The van der Waals surface area contributed by atoms with Gasteiger partial charge in [0.25, 0.3) is 0 Å². The fourth-order valence-corrected chi connectivity index (χ4v) is 2.26. The minimum atomic E-state index is -0.279. The fourth-order valence-electron chi connectivity index (χ4n) is 2.26. The summed E-state index contributed by atoms with van der Waals surface area (Å²) in [6.07, 6.45) is 5.30. The molecule has 0 spiro atoms. The van der Waals surface area contributed by atoms with Gasteiger partial charge in [-0.05, 0) is 6.08 Å². The van der Waals surface area contributed by atoms with Crippen molar-refractivity contribution in [1.82, 2.24) is 0 Å². The Morgan fingerprint density at radius 3 is 3.15 bits per heavy atom. The minimum absolute atomic E-state index is 0.0561. The highest BCUT2D eigenvalue weighted by Gasteiger charge is 2.44. The van der Waals surface area contributed by atoms with Crippen molar-refractivity contribution in [3.63, 3.8) is 0 Å². The Kier molecular flexibility index (Phi) is 2.00. The van der Waals surface area contributed by atoms with Crippen LogP contribution < -0.4 is 4.90 Å². The van der Waals surface area contributed by atoms with Gasteiger partial charge in [-0.15, -0.1) is 0 Å². The van der Waals surface area contributed by atoms with Gasteiger partial charge in [-0.3, -0.25) is 4.79 Å². The van der Waals surface area contributed by atoms with E-state index in [1.807, 2.05) is 6.08 Å². The van der Waals surface area contributed by atoms with Crippen molar-refractivity contribution in [1.29, 1.82) is 0 Å². The summed E-state index contributed by atoms with van der Waals surface area (Å²) in [5.74, 6) is 0.336. The van der Waals surface area contributed by atoms with Crippen molar-refractivity contribution >= 4 is 5.78 Å². The summed E-state index contributed by atoms with van der Waals surface area (Å²) in [7, 11) is 4.16. The Hall–Kier alpha value is -0.670. The van der Waals surface area contributed by atoms with Crippen molar-refractivity contribution < 1.29 is 14.4 Å². The number of quaternary nitrogens is 1. The molecule has 0 radical (unpaired) electrons. The third-order valence-corrected chi connectivity index (χ3v) is 2.58. The molecule has 2 atom stereocenters. The molecule has 2 bridgehead atoms. The smallest absolute Gasteiger partial charge is 0.143 e. The fraction of sp³-hybridized carbons (Fsp3) is 0.700. The molecule has 2 rings (SSSR count). The minimum Gasteiger partial charge on any atom is -0.357 e. The number of carbonyl (C=O) groups excluding carboxylic acids is 1. The van der Waals surface area contributed by atoms with Crippen molar-refractivity contribution in [2.75, 3.05) is 20.6 Å². The molecule has 0 amide bonds. The van der Waals surface area contributed by atoms with E-state index in [-0.39, 0.29) is 11.7 Å². The zero-order valence-corrected chi connectivity index (χ0v) is 8.17. The molecule has 13 heavy (non-hydrogen) atoms. The molecule has 0 aliphatic carbocycles. The summed E-state index contributed by atoms with van der Waals surface area (Å²) >= 11 is 0. The van der Waals surface area contributed by atoms with Crippen molar-refractivity contribution in [2.45, 2.75) is 24.5 Å². The summed E-state index contributed by atoms with van der Waals surface area (Å²) in [4.78, 5) is 12.7. The second-order valence-corrected chi connectivity index (χ2v) is 4.38. The van der Waals surface area contributed by atoms with Gasteiger partial charge in [-0.1, -0.05) is 6.08 Å². The molecule has 2 aliphatic heterocycles. The van der Waals surface area contributed by atoms with E-state index in [2.05, 4.69) is 20.2 Å². The number of nitrogens with one attached hydrogen (secondary N) is 1. The molecule has 1 fully saturated rings. The van der Waals surface area contributed by atoms with E-state index in [1.54, 1.807) is 0 Å². The Morgan fingerprint density at radius 1 is 1.69 bits per heavy atom. The normalized spacial score (nSPS) is 37.5. The van der Waals surface area contributed by atoms with Crippen LogP contribution in [0.5, 0.6) is 0 Å². The van der Waals surface area contributed by atoms with Crippen LogP contribution in [0.15, 0.2) is 12.2 Å². The Morgan fingerprint density at radius 2 is 2.46 bits per heavy atom. The third kappa shape index (κ3) is 1.67. The number of ether oxygens (including phenoxy) is 1. The van der Waals surface area contributed by atoms with Gasteiger partial charge in [0, 0.05) is 12.8 Å². The van der Waals surface area contributed by atoms with E-state index in [1.165, 1.54) is 4.90 Å². The van der Waals surface area contributed by atoms with E-state index < -0.39 is 0 Å². The van der Waals surface area contributed by atoms with Crippen LogP contribution in [-0.2, 0) is 9.53 Å². The number of rotatable bonds is 2. The summed E-state index contributed by atoms with van der Waals surface area (Å²) in [6, 6.07) is 0. The number of hydrogen-bond acceptors (Lipinski definition) is 2. The van der Waals surface area contributed by atoms with Crippen LogP contribution in [0.4, 0.5) is 0 Å². The first kappa shape index (κ1) is 8.91. The SMILES string of the molecule is C[NH+](C)C[C@]12C=C[C@@H](CC(=O)C1)O2. The lowest BCUT2D eigenvalue weighted by atomic mass is 9.94. The van der Waals surface area contributed by atoms with Crippen LogP contribution in [0.2, 0.25) is 0 Å². The summed E-state index contributed by atoms with van der Waals surface area (Å²) in [6.45, 7) is 0.881. The number of carbonyl (C=O) groups is 1. The first-order valence-corrected chi connectivity index (χ1v) is 4.78. The standard InChI is InChI=1S/C10H15NO2/c1-11(2)7-10-4-3-9(13-10)5-8(12)6-10/h3-4,9H,5-7H2,1-2H3/p+1/t9-,10-/m0/s1. The molecule has 0 saturated carbocycles. The molecule has 2 heterocycles. The molecule has 0 aromatic carbocycles. The van der Waals surface area contributed by atoms with Gasteiger partial charge in [-0.2, -0.15) is 0 Å². The van der Waals surface area contributed by atoms with Gasteiger partial charge < -0.3 is 9.64 Å². The lowest BCUT2D eigenvalue weighted by Crippen LogP contribution is -3.08. The lowest BCUT2D eigenvalue weighted by Gasteiger charge is -2.32. The highest BCUT2D eigenvalue weighted by molar-refractivity contribution is 5.82. The lowest BCUT2D eigenvalue weighted by molar-refractivity contribution is -0.864. The van der Waals surface area contributed by atoms with Crippen LogP contribution in [0.25, 0.3) is 0 Å². The first-order valence-electron chi connectivity index (χ1n) is 4.78. The molecule has 3 heteroatoms. The maximum Gasteiger partial charge on any atom is 0.143 e. The maximum atomic E-state index is 11.4. The highest BCUT2D eigenvalue weighted by atomic mass is 16.5. The molecule has 3 nitrogen and oxygen atoms in total. The molecule has 0 aromatic heterocycles. The molecular weight excluding hydrogens is 166 g/mol. The predicted molar refractivity (Wildman–Crippen MR) is 48.7 cm³/mol. The van der Waals surface area contributed by atoms with E-state index in [0.717, 1.165) is 6.54 Å². The van der Waals surface area contributed by atoms with Gasteiger partial charge in [-0.25, -0.2) is 0 Å². The van der Waals surface area contributed by atoms with Crippen LogP contribution in [0.1, 0.15) is 12.8 Å².